The van der Waals surface area contributed by atoms with Gasteiger partial charge in [-0.1, -0.05) is 0 Å². The normalized spacial score (nSPS) is 9.88. The van der Waals surface area contributed by atoms with Gasteiger partial charge in [-0.25, -0.2) is 4.98 Å². The molecule has 1 aromatic rings. The van der Waals surface area contributed by atoms with E-state index in [-0.39, 0.29) is 0 Å². The zero-order valence-corrected chi connectivity index (χ0v) is 6.41. The fourth-order valence-corrected chi connectivity index (χ4v) is 0.953. The van der Waals surface area contributed by atoms with E-state index in [1.807, 2.05) is 13.8 Å². The van der Waals surface area contributed by atoms with Gasteiger partial charge in [0.25, 0.3) is 0 Å². The summed E-state index contributed by atoms with van der Waals surface area (Å²) in [6, 6.07) is 0. The molecule has 44 valence electrons. The number of imidazole rings is 1. The predicted molar refractivity (Wildman–Crippen MR) is 35.8 cm³/mol. The van der Waals surface area contributed by atoms with Crippen molar-refractivity contribution in [2.45, 2.75) is 13.8 Å². The van der Waals surface area contributed by atoms with E-state index in [0.717, 1.165) is 16.1 Å². The van der Waals surface area contributed by atoms with Crippen LogP contribution in [0.2, 0.25) is 0 Å². The number of H-pyrrole nitrogens is 1. The van der Waals surface area contributed by atoms with Gasteiger partial charge in [0.2, 0.25) is 0 Å². The molecular formula is C5H7BrN2. The van der Waals surface area contributed by atoms with Gasteiger partial charge < -0.3 is 4.98 Å². The molecule has 0 saturated heterocycles. The third-order valence-electron chi connectivity index (χ3n) is 0.944. The smallest absolute Gasteiger partial charge is 0.105 e. The molecule has 1 rings (SSSR count). The van der Waals surface area contributed by atoms with Crippen molar-refractivity contribution >= 4 is 15.9 Å². The molecule has 0 aromatic carbocycles. The van der Waals surface area contributed by atoms with Crippen LogP contribution in [-0.2, 0) is 0 Å². The number of aryl methyl sites for hydroxylation is 2. The summed E-state index contributed by atoms with van der Waals surface area (Å²) < 4.78 is 0.981. The van der Waals surface area contributed by atoms with Crippen molar-refractivity contribution in [3.8, 4) is 0 Å². The molecule has 1 N–H and O–H groups in total. The summed E-state index contributed by atoms with van der Waals surface area (Å²) >= 11 is 3.30. The molecule has 0 aliphatic rings. The molecule has 0 saturated carbocycles. The summed E-state index contributed by atoms with van der Waals surface area (Å²) in [6.07, 6.45) is 0. The topological polar surface area (TPSA) is 28.7 Å². The number of halogens is 1. The van der Waals surface area contributed by atoms with Gasteiger partial charge in [-0.2, -0.15) is 0 Å². The third kappa shape index (κ3) is 0.916. The Morgan fingerprint density at radius 3 is 2.25 bits per heavy atom. The van der Waals surface area contributed by atoms with Crippen molar-refractivity contribution in [1.82, 2.24) is 9.97 Å². The van der Waals surface area contributed by atoms with Crippen LogP contribution in [0.15, 0.2) is 4.60 Å². The number of rotatable bonds is 0. The Kier molecular flexibility index (Phi) is 1.38. The first-order chi connectivity index (χ1) is 3.70. The largest absolute Gasteiger partial charge is 0.337 e. The SMILES string of the molecule is Cc1nc(C)c(Br)[nH]1. The quantitative estimate of drug-likeness (QED) is 0.639. The van der Waals surface area contributed by atoms with E-state index in [0.29, 0.717) is 0 Å². The lowest BCUT2D eigenvalue weighted by Crippen LogP contribution is -1.70. The average molecular weight is 175 g/mol. The standard InChI is InChI=1S/C5H7BrN2/c1-3-5(6)8-4(2)7-3/h1-2H3,(H,7,8). The fraction of sp³-hybridized carbons (Fsp3) is 0.400. The highest BCUT2D eigenvalue weighted by Gasteiger charge is 1.95. The highest BCUT2D eigenvalue weighted by atomic mass is 79.9. The Hall–Kier alpha value is -0.310. The molecular weight excluding hydrogens is 168 g/mol. The Balaban J connectivity index is 3.14. The molecule has 0 aliphatic heterocycles. The van der Waals surface area contributed by atoms with Crippen LogP contribution in [0.1, 0.15) is 11.5 Å². The summed E-state index contributed by atoms with van der Waals surface area (Å²) in [5, 5.41) is 0. The van der Waals surface area contributed by atoms with Crippen LogP contribution in [-0.4, -0.2) is 9.97 Å². The van der Waals surface area contributed by atoms with Crippen molar-refractivity contribution < 1.29 is 0 Å². The summed E-state index contributed by atoms with van der Waals surface area (Å²) in [7, 11) is 0. The van der Waals surface area contributed by atoms with Gasteiger partial charge in [0.15, 0.2) is 0 Å². The molecule has 0 aliphatic carbocycles. The maximum Gasteiger partial charge on any atom is 0.105 e. The highest BCUT2D eigenvalue weighted by Crippen LogP contribution is 2.10. The van der Waals surface area contributed by atoms with Gasteiger partial charge in [0.1, 0.15) is 10.4 Å². The van der Waals surface area contributed by atoms with Crippen molar-refractivity contribution in [2.24, 2.45) is 0 Å². The summed E-state index contributed by atoms with van der Waals surface area (Å²) in [4.78, 5) is 7.12. The van der Waals surface area contributed by atoms with E-state index in [1.54, 1.807) is 0 Å². The lowest BCUT2D eigenvalue weighted by Gasteiger charge is -1.76. The number of hydrogen-bond acceptors (Lipinski definition) is 1. The predicted octanol–water partition coefficient (Wildman–Crippen LogP) is 1.79. The Bertz CT molecular complexity index is 173. The molecule has 0 fully saturated rings. The van der Waals surface area contributed by atoms with Gasteiger partial charge in [-0.3, -0.25) is 0 Å². The molecule has 0 radical (unpaired) electrons. The molecule has 2 nitrogen and oxygen atoms in total. The van der Waals surface area contributed by atoms with Crippen LogP contribution >= 0.6 is 15.9 Å². The van der Waals surface area contributed by atoms with Crippen molar-refractivity contribution in [3.05, 3.63) is 16.1 Å². The molecule has 0 atom stereocenters. The number of aromatic nitrogens is 2. The second-order valence-corrected chi connectivity index (χ2v) is 2.51. The zero-order chi connectivity index (χ0) is 6.15. The molecule has 0 spiro atoms. The van der Waals surface area contributed by atoms with Crippen LogP contribution in [0, 0.1) is 13.8 Å². The van der Waals surface area contributed by atoms with Gasteiger partial charge in [0.05, 0.1) is 5.69 Å². The molecule has 3 heteroatoms. The first-order valence-corrected chi connectivity index (χ1v) is 3.18. The molecule has 1 heterocycles. The monoisotopic (exact) mass is 174 g/mol. The van der Waals surface area contributed by atoms with Crippen molar-refractivity contribution in [1.29, 1.82) is 0 Å². The Morgan fingerprint density at radius 2 is 2.12 bits per heavy atom. The first-order valence-electron chi connectivity index (χ1n) is 2.39. The second-order valence-electron chi connectivity index (χ2n) is 1.72. The maximum absolute atomic E-state index is 4.11. The minimum Gasteiger partial charge on any atom is -0.337 e. The van der Waals surface area contributed by atoms with Crippen LogP contribution in [0.4, 0.5) is 0 Å². The van der Waals surface area contributed by atoms with E-state index in [9.17, 15) is 0 Å². The second kappa shape index (κ2) is 1.90. The maximum atomic E-state index is 4.11. The van der Waals surface area contributed by atoms with Crippen molar-refractivity contribution in [3.63, 3.8) is 0 Å². The molecule has 1 aromatic heterocycles. The van der Waals surface area contributed by atoms with Gasteiger partial charge in [0, 0.05) is 0 Å². The molecule has 8 heavy (non-hydrogen) atoms. The number of hydrogen-bond donors (Lipinski definition) is 1. The average Bonchev–Trinajstić information content (AvgIpc) is 1.85. The van der Waals surface area contributed by atoms with Crippen LogP contribution in [0.3, 0.4) is 0 Å². The summed E-state index contributed by atoms with van der Waals surface area (Å²) in [6.45, 7) is 3.88. The van der Waals surface area contributed by atoms with Gasteiger partial charge in [-0.05, 0) is 29.8 Å². The minimum absolute atomic E-state index is 0.953. The Morgan fingerprint density at radius 1 is 1.50 bits per heavy atom. The Labute approximate surface area is 56.5 Å². The number of nitrogens with one attached hydrogen (secondary N) is 1. The number of aromatic amines is 1. The summed E-state index contributed by atoms with van der Waals surface area (Å²) in [5.41, 5.74) is 1.02. The number of nitrogens with zero attached hydrogens (tertiary/aromatic N) is 1. The van der Waals surface area contributed by atoms with Crippen molar-refractivity contribution in [2.75, 3.05) is 0 Å². The van der Waals surface area contributed by atoms with Crippen LogP contribution < -0.4 is 0 Å². The van der Waals surface area contributed by atoms with Gasteiger partial charge in [-0.15, -0.1) is 0 Å². The highest BCUT2D eigenvalue weighted by molar-refractivity contribution is 9.10. The van der Waals surface area contributed by atoms with Crippen LogP contribution in [0.25, 0.3) is 0 Å². The van der Waals surface area contributed by atoms with E-state index >= 15 is 0 Å². The van der Waals surface area contributed by atoms with E-state index in [2.05, 4.69) is 25.9 Å². The molecule has 0 amide bonds. The molecule has 0 bridgehead atoms. The minimum atomic E-state index is 0.953. The van der Waals surface area contributed by atoms with E-state index < -0.39 is 0 Å². The lowest BCUT2D eigenvalue weighted by atomic mass is 10.6. The molecule has 0 unspecified atom stereocenters. The van der Waals surface area contributed by atoms with Gasteiger partial charge >= 0.3 is 0 Å². The van der Waals surface area contributed by atoms with Crippen LogP contribution in [0.5, 0.6) is 0 Å². The first kappa shape index (κ1) is 5.82. The zero-order valence-electron chi connectivity index (χ0n) is 4.83. The lowest BCUT2D eigenvalue weighted by molar-refractivity contribution is 1.13. The summed E-state index contributed by atoms with van der Waals surface area (Å²) in [5.74, 6) is 0.953. The third-order valence-corrected chi connectivity index (χ3v) is 1.72. The van der Waals surface area contributed by atoms with E-state index in [4.69, 9.17) is 0 Å². The van der Waals surface area contributed by atoms with E-state index in [1.165, 1.54) is 0 Å². The fourth-order valence-electron chi connectivity index (χ4n) is 0.578.